The van der Waals surface area contributed by atoms with Gasteiger partial charge in [0.2, 0.25) is 0 Å². The highest BCUT2D eigenvalue weighted by Gasteiger charge is 2.45. The second kappa shape index (κ2) is 30.5. The van der Waals surface area contributed by atoms with Crippen LogP contribution in [0.1, 0.15) is 127 Å². The third kappa shape index (κ3) is 18.6. The predicted molar refractivity (Wildman–Crippen MR) is 318 cm³/mol. The first-order valence-electron chi connectivity index (χ1n) is 30.0. The van der Waals surface area contributed by atoms with E-state index in [9.17, 15) is 27.6 Å². The Balaban J connectivity index is 0.000000176. The molecule has 9 nitrogen and oxygen atoms in total. The van der Waals surface area contributed by atoms with Gasteiger partial charge in [-0.2, -0.15) is 13.2 Å². The maximum Gasteiger partial charge on any atom is 0.416 e. The summed E-state index contributed by atoms with van der Waals surface area (Å²) in [4.78, 5) is 31.8. The van der Waals surface area contributed by atoms with Crippen molar-refractivity contribution in [3.05, 3.63) is 178 Å². The first kappa shape index (κ1) is 62.8. The van der Waals surface area contributed by atoms with E-state index in [1.165, 1.54) is 52.3 Å². The van der Waals surface area contributed by atoms with Crippen LogP contribution in [0.5, 0.6) is 0 Å². The number of benzene rings is 3. The minimum Gasteiger partial charge on any atom is -0.481 e. The molecule has 9 rings (SSSR count). The molecule has 3 aromatic carbocycles. The number of unbranched alkanes of at least 4 members (excludes halogenated alkanes) is 3. The smallest absolute Gasteiger partial charge is 0.416 e. The van der Waals surface area contributed by atoms with Gasteiger partial charge in [0.25, 0.3) is 0 Å². The molecule has 12 atom stereocenters. The molecular weight excluding hydrogens is 1020 g/mol. The number of aryl methyl sites for hydroxylation is 5. The Bertz CT molecular complexity index is 2640. The van der Waals surface area contributed by atoms with Crippen molar-refractivity contribution in [2.24, 2.45) is 71.0 Å². The molecule has 3 aromatic rings. The Kier molecular flexibility index (Phi) is 23.6. The van der Waals surface area contributed by atoms with Crippen LogP contribution < -0.4 is 16.0 Å². The third-order valence-electron chi connectivity index (χ3n) is 18.1. The quantitative estimate of drug-likeness (QED) is 0.0324. The number of allylic oxidation sites excluding steroid dienone is 12. The summed E-state index contributed by atoms with van der Waals surface area (Å²) in [6, 6.07) is 17.8. The number of hydrogen-bond donors (Lipinski definition) is 6. The lowest BCUT2D eigenvalue weighted by Gasteiger charge is -2.26. The maximum atomic E-state index is 13.3. The van der Waals surface area contributed by atoms with Crippen molar-refractivity contribution in [3.63, 3.8) is 0 Å². The van der Waals surface area contributed by atoms with Crippen LogP contribution in [0.15, 0.2) is 128 Å². The molecule has 0 saturated heterocycles. The van der Waals surface area contributed by atoms with E-state index in [-0.39, 0.29) is 31.4 Å². The minimum absolute atomic E-state index is 0.171. The van der Waals surface area contributed by atoms with Crippen LogP contribution in [0.2, 0.25) is 0 Å². The summed E-state index contributed by atoms with van der Waals surface area (Å²) < 4.78 is 39.9. The number of carboxylic acids is 3. The SMILES string of the molecule is Cc1ccc(CNC[C@@H]2[C@@H](/C=C\CCCC(=O)O)[C@@H]3C=C[C@H]2C3)c(C(F)(F)F)c1.Cc1ccc(CNC[C@@H]2[C@@H](/C=C\CCCC(=O)O)[C@@H]3C=C[C@H]2C3)c(C)c1.Cc1ccc(CNC[C@@H]2[C@@H](/C=C\CCCC(=O)O)[C@@H]3C=C[C@H]2C3)c(C)c1. The average Bonchev–Trinajstić information content (AvgIpc) is 4.42. The molecule has 0 heterocycles. The van der Waals surface area contributed by atoms with Crippen molar-refractivity contribution in [2.75, 3.05) is 19.6 Å². The highest BCUT2D eigenvalue weighted by atomic mass is 19.4. The van der Waals surface area contributed by atoms with E-state index in [1.807, 2.05) is 0 Å². The van der Waals surface area contributed by atoms with Gasteiger partial charge in [-0.05, 0) is 217 Å². The van der Waals surface area contributed by atoms with E-state index in [0.29, 0.717) is 89.5 Å². The molecule has 438 valence electrons. The van der Waals surface area contributed by atoms with Gasteiger partial charge < -0.3 is 31.3 Å². The van der Waals surface area contributed by atoms with Gasteiger partial charge in [0.1, 0.15) is 0 Å². The molecule has 0 unspecified atom stereocenters. The summed E-state index contributed by atoms with van der Waals surface area (Å²) >= 11 is 0. The Morgan fingerprint density at radius 1 is 0.469 bits per heavy atom. The van der Waals surface area contributed by atoms with E-state index in [2.05, 4.69) is 153 Å². The van der Waals surface area contributed by atoms with Crippen molar-refractivity contribution in [3.8, 4) is 0 Å². The lowest BCUT2D eigenvalue weighted by molar-refractivity contribution is -0.139. The van der Waals surface area contributed by atoms with E-state index in [0.717, 1.165) is 64.7 Å². The number of aliphatic carboxylic acids is 3. The standard InChI is InChI=1S/C23H28F3NO2.2C23H31NO2/c1-15-7-8-18(21(11-15)23(24,25)26)13-27-14-20-17-10-9-16(12-17)19(20)5-3-2-4-6-22(28)29;2*1-16-8-9-20(17(2)12-16)14-24-15-22-19-11-10-18(13-19)21(22)6-4-3-5-7-23(25)26/h3,5,7-11,16-17,19-20,27H,2,4,6,12-14H2,1H3,(H,28,29);2*4,6,8-12,18-19,21-22,24H,3,5,7,13-15H2,1-2H3,(H,25,26)/b5-3-;2*6-4-/t16-,17+,19+,20+;2*18-,19+,21+,22+/m111/s1. The van der Waals surface area contributed by atoms with E-state index < -0.39 is 29.6 Å². The summed E-state index contributed by atoms with van der Waals surface area (Å²) in [5, 5.41) is 36.8. The molecule has 81 heavy (non-hydrogen) atoms. The van der Waals surface area contributed by atoms with Crippen molar-refractivity contribution in [2.45, 2.75) is 137 Å². The van der Waals surface area contributed by atoms with Crippen LogP contribution in [0.3, 0.4) is 0 Å². The zero-order valence-corrected chi connectivity index (χ0v) is 48.5. The van der Waals surface area contributed by atoms with Gasteiger partial charge in [-0.1, -0.05) is 138 Å². The van der Waals surface area contributed by atoms with Gasteiger partial charge in [0.15, 0.2) is 0 Å². The third-order valence-corrected chi connectivity index (χ3v) is 18.1. The highest BCUT2D eigenvalue weighted by Crippen LogP contribution is 2.50. The summed E-state index contributed by atoms with van der Waals surface area (Å²) in [5.41, 5.74) is 8.45. The van der Waals surface area contributed by atoms with E-state index >= 15 is 0 Å². The molecular formula is C69H90F3N3O6. The molecule has 6 aliphatic rings. The predicted octanol–water partition coefficient (Wildman–Crippen LogP) is 14.6. The van der Waals surface area contributed by atoms with E-state index in [1.54, 1.807) is 19.1 Å². The Labute approximate surface area is 480 Å². The van der Waals surface area contributed by atoms with Crippen molar-refractivity contribution in [1.82, 2.24) is 16.0 Å². The van der Waals surface area contributed by atoms with Crippen LogP contribution in [-0.4, -0.2) is 52.9 Å². The van der Waals surface area contributed by atoms with Crippen molar-refractivity contribution >= 4 is 17.9 Å². The summed E-state index contributed by atoms with van der Waals surface area (Å²) in [5.74, 6) is 4.73. The molecule has 0 radical (unpaired) electrons. The number of nitrogens with one attached hydrogen (secondary N) is 3. The lowest BCUT2D eigenvalue weighted by atomic mass is 9.82. The monoisotopic (exact) mass is 1110 g/mol. The Hall–Kier alpha value is -5.82. The van der Waals surface area contributed by atoms with Crippen LogP contribution in [0.25, 0.3) is 0 Å². The second-order valence-electron chi connectivity index (χ2n) is 24.1. The zero-order chi connectivity index (χ0) is 58.1. The first-order valence-corrected chi connectivity index (χ1v) is 30.0. The van der Waals surface area contributed by atoms with Crippen molar-refractivity contribution < 1.29 is 42.9 Å². The lowest BCUT2D eigenvalue weighted by Crippen LogP contribution is -2.30. The van der Waals surface area contributed by atoms with Gasteiger partial charge in [-0.25, -0.2) is 0 Å². The molecule has 0 spiro atoms. The highest BCUT2D eigenvalue weighted by molar-refractivity contribution is 5.67. The van der Waals surface area contributed by atoms with Crippen LogP contribution >= 0.6 is 0 Å². The topological polar surface area (TPSA) is 148 Å². The number of alkyl halides is 3. The second-order valence-corrected chi connectivity index (χ2v) is 24.1. The fourth-order valence-electron chi connectivity index (χ4n) is 13.8. The minimum atomic E-state index is -4.35. The molecule has 6 bridgehead atoms. The van der Waals surface area contributed by atoms with Crippen LogP contribution in [0, 0.1) is 106 Å². The van der Waals surface area contributed by atoms with Crippen LogP contribution in [-0.2, 0) is 40.2 Å². The molecule has 0 aliphatic heterocycles. The number of rotatable bonds is 27. The molecule has 0 aromatic heterocycles. The molecule has 6 aliphatic carbocycles. The molecule has 3 saturated carbocycles. The fourth-order valence-corrected chi connectivity index (χ4v) is 13.8. The van der Waals surface area contributed by atoms with Gasteiger partial charge in [0.05, 0.1) is 5.56 Å². The number of fused-ring (bicyclic) bond motifs is 6. The van der Waals surface area contributed by atoms with Crippen LogP contribution in [0.4, 0.5) is 13.2 Å². The van der Waals surface area contributed by atoms with Gasteiger partial charge in [-0.3, -0.25) is 14.4 Å². The largest absolute Gasteiger partial charge is 0.481 e. The summed E-state index contributed by atoms with van der Waals surface area (Å²) in [6.07, 6.45) is 32.0. The molecule has 3 fully saturated rings. The Morgan fingerprint density at radius 3 is 1.10 bits per heavy atom. The number of hydrogen-bond acceptors (Lipinski definition) is 6. The summed E-state index contributed by atoms with van der Waals surface area (Å²) in [7, 11) is 0. The fraction of sp³-hybridized carbons (Fsp3) is 0.522. The average molecular weight is 1110 g/mol. The number of carbonyl (C=O) groups is 3. The zero-order valence-electron chi connectivity index (χ0n) is 48.5. The van der Waals surface area contributed by atoms with Gasteiger partial charge >= 0.3 is 24.1 Å². The molecule has 6 N–H and O–H groups in total. The van der Waals surface area contributed by atoms with Gasteiger partial charge in [-0.15, -0.1) is 0 Å². The normalized spacial score (nSPS) is 26.5. The maximum absolute atomic E-state index is 13.3. The Morgan fingerprint density at radius 2 is 0.778 bits per heavy atom. The van der Waals surface area contributed by atoms with Crippen molar-refractivity contribution in [1.29, 1.82) is 0 Å². The molecule has 0 amide bonds. The molecule has 12 heteroatoms. The number of halogens is 3. The van der Waals surface area contributed by atoms with Gasteiger partial charge in [0, 0.05) is 38.9 Å². The summed E-state index contributed by atoms with van der Waals surface area (Å²) in [6.45, 7) is 15.1. The first-order chi connectivity index (χ1) is 38.8. The van der Waals surface area contributed by atoms with E-state index in [4.69, 9.17) is 15.3 Å². The number of carboxylic acid groups (broad SMARTS) is 3.